The van der Waals surface area contributed by atoms with Crippen molar-refractivity contribution < 1.29 is 17.7 Å². The minimum absolute atomic E-state index is 0.0937. The summed E-state index contributed by atoms with van der Waals surface area (Å²) in [6.45, 7) is 5.78. The number of aromatic nitrogens is 2. The lowest BCUT2D eigenvalue weighted by Gasteiger charge is -2.10. The standard InChI is InChI=1S/C15H20N2O4S/c1-15(2,3)14-16-13(17-21-14)10-22(18,19)9-11-6-5-7-12(8-11)20-4/h5-8H,9-10H2,1-4H3. The summed E-state index contributed by atoms with van der Waals surface area (Å²) in [5.41, 5.74) is 0.362. The molecule has 0 radical (unpaired) electrons. The number of rotatable bonds is 5. The van der Waals surface area contributed by atoms with Gasteiger partial charge in [0.1, 0.15) is 11.5 Å². The monoisotopic (exact) mass is 324 g/mol. The number of hydrogen-bond acceptors (Lipinski definition) is 6. The molecule has 0 atom stereocenters. The van der Waals surface area contributed by atoms with Gasteiger partial charge >= 0.3 is 0 Å². The van der Waals surface area contributed by atoms with Crippen LogP contribution in [0.5, 0.6) is 5.75 Å². The minimum atomic E-state index is -3.39. The van der Waals surface area contributed by atoms with E-state index in [2.05, 4.69) is 10.1 Å². The summed E-state index contributed by atoms with van der Waals surface area (Å²) in [5, 5.41) is 3.75. The Bertz CT molecular complexity index is 745. The normalized spacial score (nSPS) is 12.4. The molecule has 0 saturated carbocycles. The summed E-state index contributed by atoms with van der Waals surface area (Å²) >= 11 is 0. The Morgan fingerprint density at radius 2 is 1.95 bits per heavy atom. The maximum absolute atomic E-state index is 12.3. The van der Waals surface area contributed by atoms with Gasteiger partial charge in [0, 0.05) is 5.41 Å². The lowest BCUT2D eigenvalue weighted by atomic mass is 9.97. The van der Waals surface area contributed by atoms with Crippen molar-refractivity contribution in [2.45, 2.75) is 37.7 Å². The topological polar surface area (TPSA) is 82.3 Å². The average molecular weight is 324 g/mol. The first-order valence-corrected chi connectivity index (χ1v) is 8.68. The second kappa shape index (κ2) is 6.08. The maximum atomic E-state index is 12.3. The lowest BCUT2D eigenvalue weighted by Crippen LogP contribution is -2.12. The van der Waals surface area contributed by atoms with Crippen LogP contribution in [-0.2, 0) is 26.8 Å². The van der Waals surface area contributed by atoms with Crippen molar-refractivity contribution in [1.82, 2.24) is 10.1 Å². The van der Waals surface area contributed by atoms with Crippen LogP contribution in [0.3, 0.4) is 0 Å². The molecule has 6 nitrogen and oxygen atoms in total. The van der Waals surface area contributed by atoms with E-state index in [4.69, 9.17) is 9.26 Å². The van der Waals surface area contributed by atoms with E-state index in [1.54, 1.807) is 31.4 Å². The van der Waals surface area contributed by atoms with Gasteiger partial charge < -0.3 is 9.26 Å². The van der Waals surface area contributed by atoms with Gasteiger partial charge in [0.25, 0.3) is 0 Å². The number of hydrogen-bond donors (Lipinski definition) is 0. The zero-order valence-electron chi connectivity index (χ0n) is 13.2. The molecule has 2 rings (SSSR count). The number of sulfone groups is 1. The maximum Gasteiger partial charge on any atom is 0.232 e. The minimum Gasteiger partial charge on any atom is -0.497 e. The molecule has 2 aromatic rings. The number of benzene rings is 1. The molecule has 1 aromatic carbocycles. The predicted molar refractivity (Wildman–Crippen MR) is 82.3 cm³/mol. The lowest BCUT2D eigenvalue weighted by molar-refractivity contribution is 0.319. The number of nitrogens with zero attached hydrogens (tertiary/aromatic N) is 2. The molecule has 0 aliphatic heterocycles. The van der Waals surface area contributed by atoms with Crippen molar-refractivity contribution in [2.24, 2.45) is 0 Å². The summed E-state index contributed by atoms with van der Waals surface area (Å²) in [6.07, 6.45) is 0. The van der Waals surface area contributed by atoms with E-state index in [0.29, 0.717) is 17.2 Å². The molecule has 0 saturated heterocycles. The highest BCUT2D eigenvalue weighted by Crippen LogP contribution is 2.21. The highest BCUT2D eigenvalue weighted by atomic mass is 32.2. The third-order valence-electron chi connectivity index (χ3n) is 2.98. The van der Waals surface area contributed by atoms with Gasteiger partial charge in [0.2, 0.25) is 5.89 Å². The second-order valence-electron chi connectivity index (χ2n) is 6.15. The van der Waals surface area contributed by atoms with Gasteiger partial charge in [-0.15, -0.1) is 0 Å². The molecule has 120 valence electrons. The largest absolute Gasteiger partial charge is 0.497 e. The first-order chi connectivity index (χ1) is 10.2. The summed E-state index contributed by atoms with van der Waals surface area (Å²) < 4.78 is 34.7. The predicted octanol–water partition coefficient (Wildman–Crippen LogP) is 2.49. The van der Waals surface area contributed by atoms with E-state index < -0.39 is 9.84 Å². The fourth-order valence-corrected chi connectivity index (χ4v) is 3.18. The van der Waals surface area contributed by atoms with Crippen LogP contribution in [0.4, 0.5) is 0 Å². The molecule has 22 heavy (non-hydrogen) atoms. The van der Waals surface area contributed by atoms with Crippen molar-refractivity contribution in [3.63, 3.8) is 0 Å². The SMILES string of the molecule is COc1cccc(CS(=O)(=O)Cc2noc(C(C)(C)C)n2)c1. The highest BCUT2D eigenvalue weighted by Gasteiger charge is 2.24. The van der Waals surface area contributed by atoms with Crippen LogP contribution in [0.2, 0.25) is 0 Å². The number of methoxy groups -OCH3 is 1. The van der Waals surface area contributed by atoms with Gasteiger partial charge in [-0.1, -0.05) is 38.1 Å². The van der Waals surface area contributed by atoms with E-state index in [9.17, 15) is 8.42 Å². The van der Waals surface area contributed by atoms with Gasteiger partial charge in [0.15, 0.2) is 15.7 Å². The molecule has 1 aromatic heterocycles. The summed E-state index contributed by atoms with van der Waals surface area (Å²) in [5.74, 6) is 0.905. The number of ether oxygens (including phenoxy) is 1. The molecule has 0 N–H and O–H groups in total. The fraction of sp³-hybridized carbons (Fsp3) is 0.467. The quantitative estimate of drug-likeness (QED) is 0.840. The van der Waals surface area contributed by atoms with E-state index in [0.717, 1.165) is 0 Å². The van der Waals surface area contributed by atoms with Crippen LogP contribution >= 0.6 is 0 Å². The zero-order valence-corrected chi connectivity index (χ0v) is 14.0. The Morgan fingerprint density at radius 3 is 2.55 bits per heavy atom. The van der Waals surface area contributed by atoms with E-state index in [1.165, 1.54) is 0 Å². The van der Waals surface area contributed by atoms with Crippen LogP contribution in [-0.4, -0.2) is 25.7 Å². The van der Waals surface area contributed by atoms with Crippen molar-refractivity contribution in [3.05, 3.63) is 41.5 Å². The average Bonchev–Trinajstić information content (AvgIpc) is 2.86. The summed E-state index contributed by atoms with van der Waals surface area (Å²) in [4.78, 5) is 4.16. The molecule has 0 bridgehead atoms. The van der Waals surface area contributed by atoms with Gasteiger partial charge in [0.05, 0.1) is 12.9 Å². The fourth-order valence-electron chi connectivity index (χ4n) is 1.88. The molecule has 0 aliphatic rings. The Kier molecular flexibility index (Phi) is 4.55. The molecular weight excluding hydrogens is 304 g/mol. The Morgan fingerprint density at radius 1 is 1.23 bits per heavy atom. The van der Waals surface area contributed by atoms with Crippen molar-refractivity contribution in [2.75, 3.05) is 7.11 Å². The van der Waals surface area contributed by atoms with Gasteiger partial charge in [-0.05, 0) is 17.7 Å². The molecule has 0 fully saturated rings. The van der Waals surface area contributed by atoms with E-state index in [-0.39, 0.29) is 22.7 Å². The molecule has 0 unspecified atom stereocenters. The third-order valence-corrected chi connectivity index (χ3v) is 4.45. The van der Waals surface area contributed by atoms with Gasteiger partial charge in [-0.2, -0.15) is 4.98 Å². The smallest absolute Gasteiger partial charge is 0.232 e. The molecule has 0 spiro atoms. The van der Waals surface area contributed by atoms with E-state index in [1.807, 2.05) is 20.8 Å². The summed E-state index contributed by atoms with van der Waals surface area (Å²) in [7, 11) is -1.84. The van der Waals surface area contributed by atoms with Crippen molar-refractivity contribution >= 4 is 9.84 Å². The Labute approximate surface area is 130 Å². The molecular formula is C15H20N2O4S. The second-order valence-corrected chi connectivity index (χ2v) is 8.21. The Hall–Kier alpha value is -1.89. The zero-order chi connectivity index (χ0) is 16.4. The molecule has 7 heteroatoms. The van der Waals surface area contributed by atoms with Crippen molar-refractivity contribution in [3.8, 4) is 5.75 Å². The van der Waals surface area contributed by atoms with Crippen molar-refractivity contribution in [1.29, 1.82) is 0 Å². The Balaban J connectivity index is 2.12. The summed E-state index contributed by atoms with van der Waals surface area (Å²) in [6, 6.07) is 6.98. The van der Waals surface area contributed by atoms with Crippen LogP contribution in [0.25, 0.3) is 0 Å². The third kappa shape index (κ3) is 4.30. The van der Waals surface area contributed by atoms with Crippen LogP contribution < -0.4 is 4.74 Å². The molecule has 0 amide bonds. The van der Waals surface area contributed by atoms with E-state index >= 15 is 0 Å². The molecule has 1 heterocycles. The molecule has 0 aliphatic carbocycles. The highest BCUT2D eigenvalue weighted by molar-refractivity contribution is 7.89. The first-order valence-electron chi connectivity index (χ1n) is 6.86. The van der Waals surface area contributed by atoms with Crippen LogP contribution in [0, 0.1) is 0 Å². The van der Waals surface area contributed by atoms with Crippen LogP contribution in [0.15, 0.2) is 28.8 Å². The first kappa shape index (κ1) is 16.5. The van der Waals surface area contributed by atoms with Gasteiger partial charge in [-0.25, -0.2) is 8.42 Å². The van der Waals surface area contributed by atoms with Gasteiger partial charge in [-0.3, -0.25) is 0 Å². The van der Waals surface area contributed by atoms with Crippen LogP contribution in [0.1, 0.15) is 38.0 Å².